The summed E-state index contributed by atoms with van der Waals surface area (Å²) in [7, 11) is 0. The smallest absolute Gasteiger partial charge is 0.338 e. The third-order valence-corrected chi connectivity index (χ3v) is 5.44. The molecular weight excluding hydrogens is 396 g/mol. The van der Waals surface area contributed by atoms with Gasteiger partial charge in [-0.3, -0.25) is 4.79 Å². The number of aryl methyl sites for hydroxylation is 2. The van der Waals surface area contributed by atoms with Crippen LogP contribution in [0, 0.1) is 13.8 Å². The molecule has 4 rings (SSSR count). The number of fused-ring (bicyclic) bond motifs is 1. The topological polar surface area (TPSA) is 81.9 Å². The molecule has 2 aromatic carbocycles. The summed E-state index contributed by atoms with van der Waals surface area (Å²) < 4.78 is 16.3. The van der Waals surface area contributed by atoms with Crippen molar-refractivity contribution in [2.75, 3.05) is 11.4 Å². The normalized spacial score (nSPS) is 13.6. The fraction of sp³-hybridized carbons (Fsp3) is 0.292. The molecule has 1 aliphatic heterocycles. The highest BCUT2D eigenvalue weighted by Gasteiger charge is 2.30. The molecule has 0 bridgehead atoms. The van der Waals surface area contributed by atoms with E-state index in [4.69, 9.17) is 14.0 Å². The van der Waals surface area contributed by atoms with Gasteiger partial charge in [-0.15, -0.1) is 0 Å². The zero-order valence-corrected chi connectivity index (χ0v) is 17.8. The minimum Gasteiger partial charge on any atom is -0.489 e. The van der Waals surface area contributed by atoms with E-state index in [1.54, 1.807) is 36.1 Å². The molecule has 31 heavy (non-hydrogen) atoms. The van der Waals surface area contributed by atoms with Crippen LogP contribution in [0.5, 0.6) is 5.75 Å². The molecule has 7 heteroatoms. The highest BCUT2D eigenvalue weighted by Crippen LogP contribution is 2.28. The molecule has 1 atom stereocenters. The molecule has 160 valence electrons. The third kappa shape index (κ3) is 4.30. The summed E-state index contributed by atoms with van der Waals surface area (Å²) in [5.41, 5.74) is 4.05. The van der Waals surface area contributed by atoms with Crippen LogP contribution in [0.15, 0.2) is 53.1 Å². The summed E-state index contributed by atoms with van der Waals surface area (Å²) >= 11 is 0. The number of benzene rings is 2. The van der Waals surface area contributed by atoms with Crippen molar-refractivity contribution in [2.24, 2.45) is 0 Å². The van der Waals surface area contributed by atoms with E-state index in [2.05, 4.69) is 5.16 Å². The van der Waals surface area contributed by atoms with Gasteiger partial charge in [0.2, 0.25) is 0 Å². The largest absolute Gasteiger partial charge is 0.489 e. The molecule has 1 amide bonds. The van der Waals surface area contributed by atoms with Gasteiger partial charge < -0.3 is 18.9 Å². The minimum absolute atomic E-state index is 0.224. The number of hydrogen-bond acceptors (Lipinski definition) is 6. The second kappa shape index (κ2) is 8.63. The maximum atomic E-state index is 12.8. The first-order valence-corrected chi connectivity index (χ1v) is 10.2. The van der Waals surface area contributed by atoms with Crippen LogP contribution < -0.4 is 9.64 Å². The minimum atomic E-state index is -0.880. The van der Waals surface area contributed by atoms with Crippen LogP contribution in [0.25, 0.3) is 0 Å². The average Bonchev–Trinajstić information content (AvgIpc) is 3.35. The van der Waals surface area contributed by atoms with E-state index in [1.807, 2.05) is 38.1 Å². The van der Waals surface area contributed by atoms with E-state index >= 15 is 0 Å². The zero-order chi connectivity index (χ0) is 22.0. The molecule has 1 aromatic heterocycles. The highest BCUT2D eigenvalue weighted by atomic mass is 16.5. The summed E-state index contributed by atoms with van der Waals surface area (Å²) in [6.07, 6.45) is -0.0769. The average molecular weight is 420 g/mol. The highest BCUT2D eigenvalue weighted by molar-refractivity contribution is 6.00. The maximum Gasteiger partial charge on any atom is 0.338 e. The Morgan fingerprint density at radius 1 is 1.13 bits per heavy atom. The number of hydrogen-bond donors (Lipinski definition) is 0. The van der Waals surface area contributed by atoms with E-state index in [0.717, 1.165) is 34.7 Å². The lowest BCUT2D eigenvalue weighted by atomic mass is 10.2. The van der Waals surface area contributed by atoms with Gasteiger partial charge in [-0.25, -0.2) is 4.79 Å². The maximum absolute atomic E-state index is 12.8. The number of esters is 1. The predicted octanol–water partition coefficient (Wildman–Crippen LogP) is 4.01. The monoisotopic (exact) mass is 420 g/mol. The van der Waals surface area contributed by atoms with Crippen LogP contribution >= 0.6 is 0 Å². The Morgan fingerprint density at radius 2 is 1.87 bits per heavy atom. The van der Waals surface area contributed by atoms with Crippen molar-refractivity contribution in [3.8, 4) is 5.75 Å². The molecule has 1 aliphatic rings. The molecule has 2 heterocycles. The molecule has 0 spiro atoms. The van der Waals surface area contributed by atoms with Crippen LogP contribution in [0.4, 0.5) is 5.69 Å². The van der Waals surface area contributed by atoms with Crippen molar-refractivity contribution in [3.05, 3.63) is 76.7 Å². The second-order valence-electron chi connectivity index (χ2n) is 7.53. The molecule has 0 aliphatic carbocycles. The molecular formula is C24H24N2O5. The molecule has 0 saturated heterocycles. The van der Waals surface area contributed by atoms with Gasteiger partial charge in [0.15, 0.2) is 6.10 Å². The number of para-hydroxylation sites is 1. The van der Waals surface area contributed by atoms with Gasteiger partial charge in [0.1, 0.15) is 18.1 Å². The molecule has 0 fully saturated rings. The van der Waals surface area contributed by atoms with Crippen molar-refractivity contribution in [1.82, 2.24) is 5.16 Å². The first kappa shape index (κ1) is 20.7. The Kier molecular flexibility index (Phi) is 5.75. The summed E-state index contributed by atoms with van der Waals surface area (Å²) in [5.74, 6) is 0.551. The number of carbonyl (C=O) groups is 2. The van der Waals surface area contributed by atoms with Crippen LogP contribution in [0.1, 0.15) is 39.9 Å². The van der Waals surface area contributed by atoms with Crippen LogP contribution in [-0.2, 0) is 22.6 Å². The van der Waals surface area contributed by atoms with Crippen LogP contribution in [0.2, 0.25) is 0 Å². The van der Waals surface area contributed by atoms with E-state index in [-0.39, 0.29) is 5.91 Å². The summed E-state index contributed by atoms with van der Waals surface area (Å²) in [6, 6.07) is 14.4. The van der Waals surface area contributed by atoms with E-state index in [0.29, 0.717) is 24.5 Å². The first-order valence-electron chi connectivity index (χ1n) is 10.2. The lowest BCUT2D eigenvalue weighted by Gasteiger charge is -2.21. The van der Waals surface area contributed by atoms with Crippen LogP contribution in [0.3, 0.4) is 0 Å². The fourth-order valence-corrected chi connectivity index (χ4v) is 3.62. The van der Waals surface area contributed by atoms with Crippen molar-refractivity contribution < 1.29 is 23.6 Å². The van der Waals surface area contributed by atoms with Gasteiger partial charge in [-0.05, 0) is 63.1 Å². The number of nitrogens with zero attached hydrogens (tertiary/aromatic N) is 2. The number of aromatic nitrogens is 1. The summed E-state index contributed by atoms with van der Waals surface area (Å²) in [4.78, 5) is 27.0. The van der Waals surface area contributed by atoms with Gasteiger partial charge in [0.05, 0.1) is 16.8 Å². The van der Waals surface area contributed by atoms with E-state index in [1.165, 1.54) is 0 Å². The molecule has 3 aromatic rings. The number of anilines is 1. The summed E-state index contributed by atoms with van der Waals surface area (Å²) in [6.45, 7) is 6.21. The van der Waals surface area contributed by atoms with Crippen molar-refractivity contribution in [2.45, 2.75) is 39.9 Å². The second-order valence-corrected chi connectivity index (χ2v) is 7.53. The Balaban J connectivity index is 1.35. The van der Waals surface area contributed by atoms with E-state index in [9.17, 15) is 9.59 Å². The number of carbonyl (C=O) groups excluding carboxylic acids is 2. The Labute approximate surface area is 180 Å². The lowest BCUT2D eigenvalue weighted by molar-refractivity contribution is -0.126. The fourth-order valence-electron chi connectivity index (χ4n) is 3.62. The van der Waals surface area contributed by atoms with Gasteiger partial charge in [-0.2, -0.15) is 0 Å². The standard InChI is InChI=1S/C24H24N2O5/c1-15-21(16(2)31-25-15)14-29-20-10-8-19(9-11-20)24(28)30-17(3)23(27)26-13-12-18-6-4-5-7-22(18)26/h4-11,17H,12-14H2,1-3H3/t17-/m1/s1. The summed E-state index contributed by atoms with van der Waals surface area (Å²) in [5, 5.41) is 3.90. The first-order chi connectivity index (χ1) is 14.9. The number of ether oxygens (including phenoxy) is 2. The van der Waals surface area contributed by atoms with Crippen molar-refractivity contribution >= 4 is 17.6 Å². The van der Waals surface area contributed by atoms with Gasteiger partial charge >= 0.3 is 5.97 Å². The van der Waals surface area contributed by atoms with Gasteiger partial charge in [0.25, 0.3) is 5.91 Å². The van der Waals surface area contributed by atoms with E-state index < -0.39 is 12.1 Å². The van der Waals surface area contributed by atoms with Gasteiger partial charge in [-0.1, -0.05) is 23.4 Å². The zero-order valence-electron chi connectivity index (χ0n) is 17.8. The van der Waals surface area contributed by atoms with Gasteiger partial charge in [0, 0.05) is 12.2 Å². The molecule has 0 unspecified atom stereocenters. The SMILES string of the molecule is Cc1noc(C)c1COc1ccc(C(=O)O[C@H](C)C(=O)N2CCc3ccccc32)cc1. The van der Waals surface area contributed by atoms with Crippen molar-refractivity contribution in [3.63, 3.8) is 0 Å². The molecule has 0 saturated carbocycles. The molecule has 0 radical (unpaired) electrons. The predicted molar refractivity (Wildman–Crippen MR) is 114 cm³/mol. The number of amides is 1. The number of rotatable bonds is 6. The lowest BCUT2D eigenvalue weighted by Crippen LogP contribution is -2.39. The molecule has 7 nitrogen and oxygen atoms in total. The van der Waals surface area contributed by atoms with Crippen molar-refractivity contribution in [1.29, 1.82) is 0 Å². The Hall–Kier alpha value is -3.61. The molecule has 0 N–H and O–H groups in total. The van der Waals surface area contributed by atoms with Crippen LogP contribution in [-0.4, -0.2) is 29.7 Å². The Morgan fingerprint density at radius 3 is 2.58 bits per heavy atom. The Bertz CT molecular complexity index is 1080. The third-order valence-electron chi connectivity index (χ3n) is 5.44. The quantitative estimate of drug-likeness (QED) is 0.561.